The predicted octanol–water partition coefficient (Wildman–Crippen LogP) is 5.90. The Morgan fingerprint density at radius 1 is 1.05 bits per heavy atom. The van der Waals surface area contributed by atoms with Crippen LogP contribution in [0.2, 0.25) is 0 Å². The van der Waals surface area contributed by atoms with Gasteiger partial charge in [-0.05, 0) is 56.3 Å². The fraction of sp³-hybridized carbons (Fsp3) is 0.160. The lowest BCUT2D eigenvalue weighted by molar-refractivity contribution is -0.384. The summed E-state index contributed by atoms with van der Waals surface area (Å²) in [6.07, 6.45) is -4.82. The maximum Gasteiger partial charge on any atom is 0.416 e. The summed E-state index contributed by atoms with van der Waals surface area (Å²) in [7, 11) is 0. The smallest absolute Gasteiger partial charge is 0.416 e. The Kier molecular flexibility index (Phi) is 6.92. The number of rotatable bonds is 7. The number of nitro groups is 1. The van der Waals surface area contributed by atoms with Crippen LogP contribution in [0, 0.1) is 10.1 Å². The van der Waals surface area contributed by atoms with Crippen molar-refractivity contribution in [2.45, 2.75) is 26.1 Å². The van der Waals surface area contributed by atoms with Crippen molar-refractivity contribution in [1.29, 1.82) is 0 Å². The molecule has 0 radical (unpaired) electrons. The van der Waals surface area contributed by atoms with Crippen molar-refractivity contribution in [3.63, 3.8) is 0 Å². The zero-order valence-electron chi connectivity index (χ0n) is 19.6. The van der Waals surface area contributed by atoms with Crippen molar-refractivity contribution in [3.05, 3.63) is 94.0 Å². The second kappa shape index (κ2) is 10.1. The highest BCUT2D eigenvalue weighted by Gasteiger charge is 2.31. The van der Waals surface area contributed by atoms with Crippen LogP contribution in [0.3, 0.4) is 0 Å². The minimum Gasteiger partial charge on any atom is -0.460 e. The highest BCUT2D eigenvalue weighted by Crippen LogP contribution is 2.33. The second-order valence-electron chi connectivity index (χ2n) is 8.18. The summed E-state index contributed by atoms with van der Waals surface area (Å²) in [4.78, 5) is 27.2. The Hall–Kier alpha value is -4.74. The van der Waals surface area contributed by atoms with Crippen LogP contribution in [0.1, 0.15) is 29.8 Å². The molecule has 0 atom stereocenters. The first-order valence-corrected chi connectivity index (χ1v) is 11.0. The lowest BCUT2D eigenvalue weighted by atomic mass is 10.1. The number of amides is 1. The molecular weight excluding hydrogens is 491 g/mol. The average molecular weight is 511 g/mol. The molecule has 9 nitrogen and oxygen atoms in total. The lowest BCUT2D eigenvalue weighted by Crippen LogP contribution is -2.12. The number of ether oxygens (including phenoxy) is 1. The molecule has 0 aliphatic heterocycles. The van der Waals surface area contributed by atoms with E-state index in [1.165, 1.54) is 41.1 Å². The Morgan fingerprint density at radius 2 is 1.76 bits per heavy atom. The summed E-state index contributed by atoms with van der Waals surface area (Å²) in [5, 5.41) is 17.8. The number of anilines is 1. The number of alkyl halides is 3. The summed E-state index contributed by atoms with van der Waals surface area (Å²) in [6, 6.07) is 16.2. The zero-order chi connectivity index (χ0) is 26.7. The van der Waals surface area contributed by atoms with Gasteiger partial charge in [-0.3, -0.25) is 14.9 Å². The van der Waals surface area contributed by atoms with Gasteiger partial charge in [0.2, 0.25) is 0 Å². The fourth-order valence-corrected chi connectivity index (χ4v) is 3.41. The second-order valence-corrected chi connectivity index (χ2v) is 8.18. The van der Waals surface area contributed by atoms with Crippen LogP contribution in [-0.4, -0.2) is 31.7 Å². The lowest BCUT2D eigenvalue weighted by Gasteiger charge is -2.11. The van der Waals surface area contributed by atoms with Crippen LogP contribution >= 0.6 is 0 Å². The SMILES string of the molecule is CC(C)Oc1nc(-c2cccc(C(F)(F)F)c2)n(-c2cccc(NC(=O)c3ccc([N+](=O)[O-])cc3)c2)n1. The van der Waals surface area contributed by atoms with Crippen LogP contribution in [0.4, 0.5) is 24.5 Å². The number of nitrogens with zero attached hydrogens (tertiary/aromatic N) is 4. The largest absolute Gasteiger partial charge is 0.460 e. The topological polar surface area (TPSA) is 112 Å². The van der Waals surface area contributed by atoms with E-state index in [0.29, 0.717) is 11.4 Å². The molecule has 1 N–H and O–H groups in total. The van der Waals surface area contributed by atoms with Gasteiger partial charge in [-0.15, -0.1) is 5.10 Å². The van der Waals surface area contributed by atoms with Gasteiger partial charge in [-0.2, -0.15) is 18.2 Å². The molecule has 0 fully saturated rings. The number of nitrogens with one attached hydrogen (secondary N) is 1. The number of carbonyl (C=O) groups excluding carboxylic acids is 1. The molecule has 0 saturated heterocycles. The van der Waals surface area contributed by atoms with Crippen molar-refractivity contribution < 1.29 is 27.6 Å². The third-order valence-corrected chi connectivity index (χ3v) is 5.07. The highest BCUT2D eigenvalue weighted by molar-refractivity contribution is 6.04. The molecule has 37 heavy (non-hydrogen) atoms. The molecule has 1 heterocycles. The Morgan fingerprint density at radius 3 is 2.41 bits per heavy atom. The van der Waals surface area contributed by atoms with Gasteiger partial charge in [0.1, 0.15) is 0 Å². The Labute approximate surface area is 208 Å². The van der Waals surface area contributed by atoms with E-state index in [0.717, 1.165) is 12.1 Å². The summed E-state index contributed by atoms with van der Waals surface area (Å²) < 4.78 is 46.9. The number of non-ortho nitro benzene ring substituents is 1. The minimum absolute atomic E-state index is 0.0252. The van der Waals surface area contributed by atoms with Crippen molar-refractivity contribution in [2.24, 2.45) is 0 Å². The molecule has 0 aliphatic rings. The number of nitro benzene ring substituents is 1. The van der Waals surface area contributed by atoms with Crippen LogP contribution in [-0.2, 0) is 6.18 Å². The number of hydrogen-bond acceptors (Lipinski definition) is 6. The van der Waals surface area contributed by atoms with E-state index in [-0.39, 0.29) is 34.8 Å². The Balaban J connectivity index is 1.69. The maximum absolute atomic E-state index is 13.3. The number of hydrogen-bond donors (Lipinski definition) is 1. The molecule has 0 spiro atoms. The predicted molar refractivity (Wildman–Crippen MR) is 129 cm³/mol. The Bertz CT molecular complexity index is 1450. The zero-order valence-corrected chi connectivity index (χ0v) is 19.6. The van der Waals surface area contributed by atoms with Gasteiger partial charge in [0, 0.05) is 28.9 Å². The van der Waals surface area contributed by atoms with Crippen molar-refractivity contribution in [3.8, 4) is 23.1 Å². The molecular formula is C25H20F3N5O4. The quantitative estimate of drug-likeness (QED) is 0.244. The first-order chi connectivity index (χ1) is 17.5. The van der Waals surface area contributed by atoms with Crippen molar-refractivity contribution in [1.82, 2.24) is 14.8 Å². The van der Waals surface area contributed by atoms with Gasteiger partial charge < -0.3 is 10.1 Å². The maximum atomic E-state index is 13.3. The number of halogens is 3. The van der Waals surface area contributed by atoms with Gasteiger partial charge in [0.15, 0.2) is 5.82 Å². The molecule has 0 saturated carbocycles. The molecule has 0 unspecified atom stereocenters. The monoisotopic (exact) mass is 511 g/mol. The molecule has 190 valence electrons. The van der Waals surface area contributed by atoms with Crippen molar-refractivity contribution >= 4 is 17.3 Å². The summed E-state index contributed by atoms with van der Waals surface area (Å²) >= 11 is 0. The molecule has 3 aromatic carbocycles. The van der Waals surface area contributed by atoms with Crippen LogP contribution in [0.25, 0.3) is 17.1 Å². The van der Waals surface area contributed by atoms with Gasteiger partial charge >= 0.3 is 12.2 Å². The van der Waals surface area contributed by atoms with Crippen LogP contribution in [0.15, 0.2) is 72.8 Å². The average Bonchev–Trinajstić information content (AvgIpc) is 3.27. The summed E-state index contributed by atoms with van der Waals surface area (Å²) in [6.45, 7) is 3.53. The van der Waals surface area contributed by atoms with Crippen LogP contribution in [0.5, 0.6) is 6.01 Å². The highest BCUT2D eigenvalue weighted by atomic mass is 19.4. The van der Waals surface area contributed by atoms with E-state index in [4.69, 9.17) is 4.74 Å². The molecule has 1 aromatic heterocycles. The molecule has 0 aliphatic carbocycles. The first-order valence-electron chi connectivity index (χ1n) is 11.0. The van der Waals surface area contributed by atoms with Gasteiger partial charge in [0.05, 0.1) is 22.3 Å². The van der Waals surface area contributed by atoms with E-state index in [9.17, 15) is 28.1 Å². The number of carbonyl (C=O) groups is 1. The molecule has 4 aromatic rings. The van der Waals surface area contributed by atoms with E-state index < -0.39 is 22.6 Å². The first kappa shape index (κ1) is 25.4. The van der Waals surface area contributed by atoms with Crippen molar-refractivity contribution in [2.75, 3.05) is 5.32 Å². The number of benzene rings is 3. The van der Waals surface area contributed by atoms with Gasteiger partial charge in [0.25, 0.3) is 11.6 Å². The standard InChI is InChI=1S/C25H20F3N5O4/c1-15(2)37-24-30-22(17-5-3-6-18(13-17)25(26,27)28)32(31-24)21-8-4-7-19(14-21)29-23(34)16-9-11-20(12-10-16)33(35)36/h3-15H,1-2H3,(H,29,34). The number of aromatic nitrogens is 3. The normalized spacial score (nSPS) is 11.4. The van der Waals surface area contributed by atoms with Gasteiger partial charge in [-0.25, -0.2) is 4.68 Å². The van der Waals surface area contributed by atoms with E-state index >= 15 is 0 Å². The fourth-order valence-electron chi connectivity index (χ4n) is 3.41. The van der Waals surface area contributed by atoms with E-state index in [2.05, 4.69) is 15.4 Å². The minimum atomic E-state index is -4.54. The van der Waals surface area contributed by atoms with E-state index in [1.54, 1.807) is 38.1 Å². The molecule has 4 rings (SSSR count). The molecule has 0 bridgehead atoms. The summed E-state index contributed by atoms with van der Waals surface area (Å²) in [5.74, 6) is -0.395. The molecule has 1 amide bonds. The summed E-state index contributed by atoms with van der Waals surface area (Å²) in [5.41, 5.74) is 0.147. The third kappa shape index (κ3) is 5.92. The molecule has 12 heteroatoms. The third-order valence-electron chi connectivity index (χ3n) is 5.07. The van der Waals surface area contributed by atoms with E-state index in [1.807, 2.05) is 0 Å². The van der Waals surface area contributed by atoms with Gasteiger partial charge in [-0.1, -0.05) is 18.2 Å². The van der Waals surface area contributed by atoms with Crippen LogP contribution < -0.4 is 10.1 Å².